The van der Waals surface area contributed by atoms with Crippen molar-refractivity contribution in [2.24, 2.45) is 0 Å². The molecule has 1 heterocycles. The highest BCUT2D eigenvalue weighted by atomic mass is 16.2. The van der Waals surface area contributed by atoms with Crippen molar-refractivity contribution in [3.63, 3.8) is 0 Å². The van der Waals surface area contributed by atoms with E-state index in [2.05, 4.69) is 11.9 Å². The number of carbonyl (C=O) groups is 1. The van der Waals surface area contributed by atoms with Gasteiger partial charge in [-0.2, -0.15) is 0 Å². The lowest BCUT2D eigenvalue weighted by molar-refractivity contribution is 0.0743. The molecule has 1 saturated carbocycles. The van der Waals surface area contributed by atoms with E-state index in [0.29, 0.717) is 17.4 Å². The molecule has 0 bridgehead atoms. The molecule has 1 fully saturated rings. The Balaban J connectivity index is 2.21. The molecule has 2 rings (SSSR count). The predicted octanol–water partition coefficient (Wildman–Crippen LogP) is 1.99. The third-order valence-electron chi connectivity index (χ3n) is 2.93. The Bertz CT molecular complexity index is 406. The molecule has 0 aromatic carbocycles. The molecule has 1 aliphatic rings. The summed E-state index contributed by atoms with van der Waals surface area (Å²) in [5, 5.41) is 0. The van der Waals surface area contributed by atoms with Crippen molar-refractivity contribution >= 4 is 11.7 Å². The van der Waals surface area contributed by atoms with Gasteiger partial charge in [0.05, 0.1) is 0 Å². The minimum Gasteiger partial charge on any atom is -0.384 e. The Kier molecular flexibility index (Phi) is 3.31. The molecule has 0 atom stereocenters. The van der Waals surface area contributed by atoms with Crippen LogP contribution in [0.4, 0.5) is 5.82 Å². The Labute approximate surface area is 102 Å². The van der Waals surface area contributed by atoms with Gasteiger partial charge in [0.15, 0.2) is 0 Å². The van der Waals surface area contributed by atoms with Crippen LogP contribution in [0.1, 0.15) is 42.2 Å². The van der Waals surface area contributed by atoms with E-state index >= 15 is 0 Å². The van der Waals surface area contributed by atoms with E-state index in [-0.39, 0.29) is 5.91 Å². The van der Waals surface area contributed by atoms with Gasteiger partial charge in [-0.15, -0.1) is 0 Å². The summed E-state index contributed by atoms with van der Waals surface area (Å²) < 4.78 is 0. The fourth-order valence-electron chi connectivity index (χ4n) is 2.06. The van der Waals surface area contributed by atoms with Crippen LogP contribution in [0.25, 0.3) is 0 Å². The standard InChI is InChI=1S/C13H19N3O/c1-3-6-16(11-4-5-11)13(17)10-7-9(2)15-12(14)8-10/h7-8,11H,3-6H2,1-2H3,(H2,14,15). The fraction of sp³-hybridized carbons (Fsp3) is 0.538. The molecule has 92 valence electrons. The second kappa shape index (κ2) is 4.73. The molecule has 0 spiro atoms. The predicted molar refractivity (Wildman–Crippen MR) is 67.7 cm³/mol. The molecular weight excluding hydrogens is 214 g/mol. The number of anilines is 1. The number of carbonyl (C=O) groups excluding carboxylic acids is 1. The Morgan fingerprint density at radius 2 is 2.24 bits per heavy atom. The average Bonchev–Trinajstić information content (AvgIpc) is 3.07. The molecule has 0 aliphatic heterocycles. The van der Waals surface area contributed by atoms with Crippen LogP contribution < -0.4 is 5.73 Å². The first-order valence-corrected chi connectivity index (χ1v) is 6.17. The Morgan fingerprint density at radius 3 is 2.76 bits per heavy atom. The molecule has 0 radical (unpaired) electrons. The number of rotatable bonds is 4. The van der Waals surface area contributed by atoms with E-state index in [1.165, 1.54) is 0 Å². The van der Waals surface area contributed by atoms with Crippen molar-refractivity contribution in [3.05, 3.63) is 23.4 Å². The van der Waals surface area contributed by atoms with Crippen LogP contribution in [0.5, 0.6) is 0 Å². The first-order chi connectivity index (χ1) is 8.11. The zero-order chi connectivity index (χ0) is 12.4. The molecular formula is C13H19N3O. The zero-order valence-electron chi connectivity index (χ0n) is 10.4. The van der Waals surface area contributed by atoms with Gasteiger partial charge in [-0.3, -0.25) is 4.79 Å². The number of nitrogens with two attached hydrogens (primary N) is 1. The first kappa shape index (κ1) is 11.9. The third-order valence-corrected chi connectivity index (χ3v) is 2.93. The molecule has 4 heteroatoms. The van der Waals surface area contributed by atoms with Crippen molar-refractivity contribution in [3.8, 4) is 0 Å². The number of amides is 1. The summed E-state index contributed by atoms with van der Waals surface area (Å²) in [7, 11) is 0. The van der Waals surface area contributed by atoms with Gasteiger partial charge in [-0.25, -0.2) is 4.98 Å². The fourth-order valence-corrected chi connectivity index (χ4v) is 2.06. The third kappa shape index (κ3) is 2.75. The number of hydrogen-bond acceptors (Lipinski definition) is 3. The van der Waals surface area contributed by atoms with Gasteiger partial charge in [-0.1, -0.05) is 6.92 Å². The highest BCUT2D eigenvalue weighted by Gasteiger charge is 2.32. The van der Waals surface area contributed by atoms with E-state index in [4.69, 9.17) is 5.73 Å². The average molecular weight is 233 g/mol. The second-order valence-corrected chi connectivity index (χ2v) is 4.65. The van der Waals surface area contributed by atoms with Gasteiger partial charge in [0.25, 0.3) is 5.91 Å². The summed E-state index contributed by atoms with van der Waals surface area (Å²) in [6.45, 7) is 4.77. The highest BCUT2D eigenvalue weighted by Crippen LogP contribution is 2.28. The van der Waals surface area contributed by atoms with Crippen LogP contribution in [0, 0.1) is 6.92 Å². The van der Waals surface area contributed by atoms with E-state index in [9.17, 15) is 4.79 Å². The van der Waals surface area contributed by atoms with Crippen molar-refractivity contribution in [2.75, 3.05) is 12.3 Å². The number of pyridine rings is 1. The van der Waals surface area contributed by atoms with Crippen LogP contribution >= 0.6 is 0 Å². The molecule has 1 aromatic heterocycles. The van der Waals surface area contributed by atoms with Crippen molar-refractivity contribution < 1.29 is 4.79 Å². The molecule has 0 unspecified atom stereocenters. The van der Waals surface area contributed by atoms with Crippen LogP contribution in [0.3, 0.4) is 0 Å². The van der Waals surface area contributed by atoms with E-state index < -0.39 is 0 Å². The van der Waals surface area contributed by atoms with Crippen LogP contribution in [-0.2, 0) is 0 Å². The van der Waals surface area contributed by atoms with Gasteiger partial charge < -0.3 is 10.6 Å². The maximum Gasteiger partial charge on any atom is 0.254 e. The number of aryl methyl sites for hydroxylation is 1. The maximum atomic E-state index is 12.4. The SMILES string of the molecule is CCCN(C(=O)c1cc(C)nc(N)c1)C1CC1. The second-order valence-electron chi connectivity index (χ2n) is 4.65. The smallest absolute Gasteiger partial charge is 0.254 e. The normalized spacial score (nSPS) is 14.7. The number of nitrogen functional groups attached to an aromatic ring is 1. The Morgan fingerprint density at radius 1 is 1.53 bits per heavy atom. The lowest BCUT2D eigenvalue weighted by Gasteiger charge is -2.22. The largest absolute Gasteiger partial charge is 0.384 e. The molecule has 1 aliphatic carbocycles. The monoisotopic (exact) mass is 233 g/mol. The van der Waals surface area contributed by atoms with Crippen LogP contribution in [0.2, 0.25) is 0 Å². The lowest BCUT2D eigenvalue weighted by Crippen LogP contribution is -2.33. The van der Waals surface area contributed by atoms with Gasteiger partial charge >= 0.3 is 0 Å². The summed E-state index contributed by atoms with van der Waals surface area (Å²) in [5.41, 5.74) is 7.14. The van der Waals surface area contributed by atoms with Gasteiger partial charge in [0, 0.05) is 23.8 Å². The lowest BCUT2D eigenvalue weighted by atomic mass is 10.2. The van der Waals surface area contributed by atoms with Crippen molar-refractivity contribution in [2.45, 2.75) is 39.2 Å². The summed E-state index contributed by atoms with van der Waals surface area (Å²) in [5.74, 6) is 0.507. The minimum absolute atomic E-state index is 0.0894. The van der Waals surface area contributed by atoms with E-state index in [0.717, 1.165) is 31.5 Å². The molecule has 0 saturated heterocycles. The van der Waals surface area contributed by atoms with Crippen LogP contribution in [0.15, 0.2) is 12.1 Å². The van der Waals surface area contributed by atoms with E-state index in [1.807, 2.05) is 17.9 Å². The summed E-state index contributed by atoms with van der Waals surface area (Å²) in [6, 6.07) is 3.92. The van der Waals surface area contributed by atoms with Crippen molar-refractivity contribution in [1.82, 2.24) is 9.88 Å². The molecule has 4 nitrogen and oxygen atoms in total. The molecule has 1 amide bonds. The Hall–Kier alpha value is -1.58. The minimum atomic E-state index is 0.0894. The number of aromatic nitrogens is 1. The number of hydrogen-bond donors (Lipinski definition) is 1. The topological polar surface area (TPSA) is 59.2 Å². The highest BCUT2D eigenvalue weighted by molar-refractivity contribution is 5.95. The molecule has 17 heavy (non-hydrogen) atoms. The number of nitrogens with zero attached hydrogens (tertiary/aromatic N) is 2. The summed E-state index contributed by atoms with van der Waals surface area (Å²) in [6.07, 6.45) is 3.25. The van der Waals surface area contributed by atoms with Crippen LogP contribution in [-0.4, -0.2) is 28.4 Å². The van der Waals surface area contributed by atoms with E-state index in [1.54, 1.807) is 6.07 Å². The zero-order valence-corrected chi connectivity index (χ0v) is 10.4. The van der Waals surface area contributed by atoms with Crippen molar-refractivity contribution in [1.29, 1.82) is 0 Å². The van der Waals surface area contributed by atoms with Gasteiger partial charge in [0.1, 0.15) is 5.82 Å². The maximum absolute atomic E-state index is 12.4. The first-order valence-electron chi connectivity index (χ1n) is 6.17. The van der Waals surface area contributed by atoms with Gasteiger partial charge in [0.2, 0.25) is 0 Å². The molecule has 1 aromatic rings. The summed E-state index contributed by atoms with van der Waals surface area (Å²) >= 11 is 0. The van der Waals surface area contributed by atoms with Gasteiger partial charge in [-0.05, 0) is 38.3 Å². The quantitative estimate of drug-likeness (QED) is 0.865. The summed E-state index contributed by atoms with van der Waals surface area (Å²) in [4.78, 5) is 18.4. The molecule has 2 N–H and O–H groups in total.